The molecule has 0 aliphatic carbocycles. The Bertz CT molecular complexity index is 927. The van der Waals surface area contributed by atoms with Crippen molar-refractivity contribution in [1.29, 1.82) is 0 Å². The van der Waals surface area contributed by atoms with Gasteiger partial charge in [-0.3, -0.25) is 4.79 Å². The van der Waals surface area contributed by atoms with Crippen molar-refractivity contribution in [3.63, 3.8) is 0 Å². The van der Waals surface area contributed by atoms with E-state index in [1.54, 1.807) is 0 Å². The largest absolute Gasteiger partial charge is 0.504 e. The Morgan fingerprint density at radius 1 is 0.826 bits per heavy atom. The van der Waals surface area contributed by atoms with E-state index in [0.717, 1.165) is 5.56 Å². The quantitative estimate of drug-likeness (QED) is 0.436. The molecule has 0 atom stereocenters. The summed E-state index contributed by atoms with van der Waals surface area (Å²) >= 11 is 0. The van der Waals surface area contributed by atoms with Gasteiger partial charge in [-0.25, -0.2) is 0 Å². The fourth-order valence-corrected chi connectivity index (χ4v) is 2.42. The van der Waals surface area contributed by atoms with Crippen LogP contribution < -0.4 is 5.43 Å². The highest BCUT2D eigenvalue weighted by atomic mass is 16.4. The van der Waals surface area contributed by atoms with Crippen LogP contribution >= 0.6 is 0 Å². The molecule has 3 rings (SSSR count). The predicted octanol–water partition coefficient (Wildman–Crippen LogP) is 2.40. The molecule has 0 saturated carbocycles. The first-order valence-corrected chi connectivity index (χ1v) is 6.95. The Morgan fingerprint density at radius 3 is 2.17 bits per heavy atom. The summed E-state index contributed by atoms with van der Waals surface area (Å²) in [7, 11) is 0. The summed E-state index contributed by atoms with van der Waals surface area (Å²) in [6.45, 7) is 0. The second-order valence-electron chi connectivity index (χ2n) is 5.16. The fourth-order valence-electron chi connectivity index (χ4n) is 2.42. The van der Waals surface area contributed by atoms with E-state index in [2.05, 4.69) is 0 Å². The third kappa shape index (κ3) is 2.55. The molecular weight excluding hydrogens is 300 g/mol. The molecule has 4 N–H and O–H groups in total. The lowest BCUT2D eigenvalue weighted by atomic mass is 10.1. The van der Waals surface area contributed by atoms with E-state index < -0.39 is 28.4 Å². The molecule has 0 amide bonds. The Labute approximate surface area is 130 Å². The van der Waals surface area contributed by atoms with Gasteiger partial charge in [0.2, 0.25) is 17.2 Å². The summed E-state index contributed by atoms with van der Waals surface area (Å²) in [4.78, 5) is 12.1. The molecule has 0 saturated heterocycles. The molecule has 1 aromatic heterocycles. The van der Waals surface area contributed by atoms with Gasteiger partial charge in [0, 0.05) is 12.5 Å². The maximum Gasteiger partial charge on any atom is 0.208 e. The Kier molecular flexibility index (Phi) is 3.57. The van der Waals surface area contributed by atoms with Crippen LogP contribution in [0.4, 0.5) is 0 Å². The van der Waals surface area contributed by atoms with Crippen molar-refractivity contribution in [2.75, 3.05) is 0 Å². The van der Waals surface area contributed by atoms with Crippen LogP contribution in [0.15, 0.2) is 45.6 Å². The molecular formula is C17H14O6. The highest BCUT2D eigenvalue weighted by molar-refractivity contribution is 5.93. The van der Waals surface area contributed by atoms with Crippen LogP contribution in [0.25, 0.3) is 11.0 Å². The predicted molar refractivity (Wildman–Crippen MR) is 83.0 cm³/mol. The van der Waals surface area contributed by atoms with Crippen LogP contribution in [-0.2, 0) is 12.8 Å². The molecule has 0 spiro atoms. The minimum absolute atomic E-state index is 0.297. The number of phenolic OH excluding ortho intramolecular Hbond substituents is 4. The molecule has 2 aromatic carbocycles. The molecule has 3 aromatic rings. The number of aryl methyl sites for hydroxylation is 2. The number of benzene rings is 2. The maximum absolute atomic E-state index is 12.1. The summed E-state index contributed by atoms with van der Waals surface area (Å²) in [5.41, 5.74) is 0.0849. The zero-order valence-electron chi connectivity index (χ0n) is 12.0. The van der Waals surface area contributed by atoms with E-state index in [1.807, 2.05) is 30.3 Å². The average molecular weight is 314 g/mol. The second-order valence-corrected chi connectivity index (χ2v) is 5.16. The van der Waals surface area contributed by atoms with Gasteiger partial charge in [0.1, 0.15) is 11.1 Å². The molecule has 6 nitrogen and oxygen atoms in total. The summed E-state index contributed by atoms with van der Waals surface area (Å²) in [6.07, 6.45) is 1.02. The average Bonchev–Trinajstić information content (AvgIpc) is 2.56. The summed E-state index contributed by atoms with van der Waals surface area (Å²) in [6, 6.07) is 10.8. The number of hydrogen-bond acceptors (Lipinski definition) is 6. The third-order valence-corrected chi connectivity index (χ3v) is 3.63. The molecule has 0 aliphatic heterocycles. The van der Waals surface area contributed by atoms with Crippen LogP contribution in [0.3, 0.4) is 0 Å². The van der Waals surface area contributed by atoms with Crippen LogP contribution in [-0.4, -0.2) is 20.4 Å². The zero-order valence-corrected chi connectivity index (χ0v) is 12.0. The summed E-state index contributed by atoms with van der Waals surface area (Å²) in [5, 5.41) is 38.3. The van der Waals surface area contributed by atoms with E-state index in [-0.39, 0.29) is 11.0 Å². The van der Waals surface area contributed by atoms with Crippen molar-refractivity contribution >= 4 is 11.0 Å². The summed E-state index contributed by atoms with van der Waals surface area (Å²) in [5.74, 6) is -3.20. The topological polar surface area (TPSA) is 111 Å². The number of aromatic hydroxyl groups is 4. The Hall–Kier alpha value is -3.15. The molecule has 0 bridgehead atoms. The molecule has 0 fully saturated rings. The van der Waals surface area contributed by atoms with Crippen LogP contribution in [0.5, 0.6) is 23.0 Å². The third-order valence-electron chi connectivity index (χ3n) is 3.63. The number of hydrogen-bond donors (Lipinski definition) is 4. The van der Waals surface area contributed by atoms with Gasteiger partial charge >= 0.3 is 0 Å². The van der Waals surface area contributed by atoms with Gasteiger partial charge in [-0.2, -0.15) is 0 Å². The first kappa shape index (κ1) is 14.8. The minimum atomic E-state index is -0.959. The van der Waals surface area contributed by atoms with E-state index in [1.165, 1.54) is 6.07 Å². The fraction of sp³-hybridized carbons (Fsp3) is 0.118. The molecule has 0 unspecified atom stereocenters. The van der Waals surface area contributed by atoms with Gasteiger partial charge in [-0.05, 0) is 12.0 Å². The monoisotopic (exact) mass is 314 g/mol. The highest BCUT2D eigenvalue weighted by Crippen LogP contribution is 2.47. The standard InChI is InChI=1S/C17H14O6/c18-11-8-10(7-6-9-4-2-1-3-5-9)23-17-12(11)13(19)14(20)15(21)16(17)22/h1-5,8,19-22H,6-7H2. The maximum atomic E-state index is 12.1. The molecule has 0 aliphatic rings. The summed E-state index contributed by atoms with van der Waals surface area (Å²) < 4.78 is 5.43. The van der Waals surface area contributed by atoms with Gasteiger partial charge < -0.3 is 24.8 Å². The zero-order chi connectivity index (χ0) is 16.6. The lowest BCUT2D eigenvalue weighted by molar-refractivity contribution is 0.345. The molecule has 118 valence electrons. The van der Waals surface area contributed by atoms with Crippen molar-refractivity contribution in [3.8, 4) is 23.0 Å². The number of fused-ring (bicyclic) bond motifs is 1. The van der Waals surface area contributed by atoms with E-state index >= 15 is 0 Å². The normalized spacial score (nSPS) is 11.0. The van der Waals surface area contributed by atoms with Crippen molar-refractivity contribution in [2.24, 2.45) is 0 Å². The van der Waals surface area contributed by atoms with Crippen molar-refractivity contribution in [3.05, 3.63) is 57.9 Å². The first-order chi connectivity index (χ1) is 11.0. The minimum Gasteiger partial charge on any atom is -0.504 e. The van der Waals surface area contributed by atoms with Crippen molar-refractivity contribution < 1.29 is 24.8 Å². The molecule has 1 heterocycles. The van der Waals surface area contributed by atoms with Crippen LogP contribution in [0.2, 0.25) is 0 Å². The van der Waals surface area contributed by atoms with Crippen molar-refractivity contribution in [2.45, 2.75) is 12.8 Å². The van der Waals surface area contributed by atoms with Gasteiger partial charge in [-0.1, -0.05) is 30.3 Å². The van der Waals surface area contributed by atoms with E-state index in [0.29, 0.717) is 18.6 Å². The smallest absolute Gasteiger partial charge is 0.208 e. The molecule has 0 radical (unpaired) electrons. The van der Waals surface area contributed by atoms with Crippen LogP contribution in [0, 0.1) is 0 Å². The lowest BCUT2D eigenvalue weighted by Gasteiger charge is -2.09. The van der Waals surface area contributed by atoms with Gasteiger partial charge in [0.05, 0.1) is 0 Å². The lowest BCUT2D eigenvalue weighted by Crippen LogP contribution is -2.04. The van der Waals surface area contributed by atoms with E-state index in [9.17, 15) is 25.2 Å². The molecule has 6 heteroatoms. The van der Waals surface area contributed by atoms with Crippen molar-refractivity contribution in [1.82, 2.24) is 0 Å². The second kappa shape index (κ2) is 5.57. The van der Waals surface area contributed by atoms with Gasteiger partial charge in [-0.15, -0.1) is 0 Å². The SMILES string of the molecule is O=c1cc(CCc2ccccc2)oc2c(O)c(O)c(O)c(O)c12. The van der Waals surface area contributed by atoms with Gasteiger partial charge in [0.15, 0.2) is 16.8 Å². The highest BCUT2D eigenvalue weighted by Gasteiger charge is 2.22. The Balaban J connectivity index is 2.06. The molecule has 23 heavy (non-hydrogen) atoms. The number of phenols is 4. The first-order valence-electron chi connectivity index (χ1n) is 6.95. The number of rotatable bonds is 3. The van der Waals surface area contributed by atoms with Crippen LogP contribution in [0.1, 0.15) is 11.3 Å². The van der Waals surface area contributed by atoms with Gasteiger partial charge in [0.25, 0.3) is 0 Å². The Morgan fingerprint density at radius 2 is 1.48 bits per heavy atom. The van der Waals surface area contributed by atoms with E-state index in [4.69, 9.17) is 4.42 Å².